The highest BCUT2D eigenvalue weighted by molar-refractivity contribution is 5.71. The molecule has 0 heterocycles. The SMILES string of the molecule is CC/C=C\C/C=C\C/C=C\CCCCCC(=O)OCC(COC(=O)CCCCCCCCCCCCCCCCCCCCCCCCCCCC)OC(=O)CCCCCCCCCCCC/C=C\C/C=C\C/C=C\CCCCCCC. The summed E-state index contributed by atoms with van der Waals surface area (Å²) in [7, 11) is 0. The molecule has 0 N–H and O–H groups in total. The first-order valence-corrected chi connectivity index (χ1v) is 35.9. The molecule has 0 aliphatic rings. The van der Waals surface area contributed by atoms with Crippen molar-refractivity contribution in [2.24, 2.45) is 0 Å². The molecular formula is C76H136O6. The van der Waals surface area contributed by atoms with Crippen molar-refractivity contribution in [2.75, 3.05) is 13.2 Å². The number of hydrogen-bond acceptors (Lipinski definition) is 6. The lowest BCUT2D eigenvalue weighted by atomic mass is 10.0. The maximum atomic E-state index is 13.0. The average molecular weight is 1150 g/mol. The molecule has 0 rings (SSSR count). The number of carbonyl (C=O) groups excluding carboxylic acids is 3. The fourth-order valence-electron chi connectivity index (χ4n) is 10.6. The van der Waals surface area contributed by atoms with Crippen molar-refractivity contribution in [3.05, 3.63) is 72.9 Å². The summed E-state index contributed by atoms with van der Waals surface area (Å²) in [6, 6.07) is 0. The molecule has 0 bridgehead atoms. The van der Waals surface area contributed by atoms with Gasteiger partial charge in [0.05, 0.1) is 0 Å². The predicted octanol–water partition coefficient (Wildman–Crippen LogP) is 24.8. The summed E-state index contributed by atoms with van der Waals surface area (Å²) < 4.78 is 17.0. The Morgan fingerprint density at radius 1 is 0.256 bits per heavy atom. The highest BCUT2D eigenvalue weighted by Gasteiger charge is 2.19. The van der Waals surface area contributed by atoms with Gasteiger partial charge in [-0.25, -0.2) is 0 Å². The second kappa shape index (κ2) is 70.3. The molecule has 82 heavy (non-hydrogen) atoms. The first-order valence-electron chi connectivity index (χ1n) is 35.9. The van der Waals surface area contributed by atoms with Crippen LogP contribution < -0.4 is 0 Å². The first kappa shape index (κ1) is 78.8. The number of ether oxygens (including phenoxy) is 3. The standard InChI is InChI=1S/C76H136O6/c1-4-7-10-13-16-19-22-25-27-29-31-33-35-37-39-40-42-44-46-48-51-54-57-60-63-66-69-75(78)81-72-73(71-80-74(77)68-65-62-59-56-53-50-24-21-18-15-12-9-6-3)82-76(79)70-67-64-61-58-55-52-49-47-45-43-41-38-36-34-32-30-28-26-23-20-17-14-11-8-5-2/h9,12,18,21,23,26,30,32,36,38,50,53,73H,4-8,10-11,13-17,19-20,22,24-25,27-29,31,33-35,37,39-49,51-52,54-72H2,1-3H3/b12-9-,21-18-,26-23-,32-30-,38-36-,53-50-. The Hall–Kier alpha value is -3.15. The molecule has 0 amide bonds. The van der Waals surface area contributed by atoms with Crippen molar-refractivity contribution in [3.63, 3.8) is 0 Å². The molecule has 0 aliphatic carbocycles. The molecule has 0 fully saturated rings. The van der Waals surface area contributed by atoms with Gasteiger partial charge in [-0.3, -0.25) is 14.4 Å². The van der Waals surface area contributed by atoms with Gasteiger partial charge in [-0.15, -0.1) is 0 Å². The first-order chi connectivity index (χ1) is 40.5. The van der Waals surface area contributed by atoms with Crippen LogP contribution in [-0.2, 0) is 28.6 Å². The van der Waals surface area contributed by atoms with E-state index in [1.54, 1.807) is 0 Å². The van der Waals surface area contributed by atoms with E-state index in [4.69, 9.17) is 14.2 Å². The average Bonchev–Trinajstić information content (AvgIpc) is 3.47. The fourth-order valence-corrected chi connectivity index (χ4v) is 10.6. The maximum absolute atomic E-state index is 13.0. The van der Waals surface area contributed by atoms with Crippen LogP contribution in [0.1, 0.15) is 374 Å². The third-order valence-electron chi connectivity index (χ3n) is 15.9. The lowest BCUT2D eigenvalue weighted by molar-refractivity contribution is -0.167. The van der Waals surface area contributed by atoms with Crippen molar-refractivity contribution in [3.8, 4) is 0 Å². The van der Waals surface area contributed by atoms with Crippen LogP contribution in [0.25, 0.3) is 0 Å². The molecular weight excluding hydrogens is 1010 g/mol. The van der Waals surface area contributed by atoms with E-state index in [1.807, 2.05) is 0 Å². The van der Waals surface area contributed by atoms with Crippen LogP contribution in [-0.4, -0.2) is 37.2 Å². The fraction of sp³-hybridized carbons (Fsp3) is 0.803. The van der Waals surface area contributed by atoms with Crippen LogP contribution in [0.3, 0.4) is 0 Å². The van der Waals surface area contributed by atoms with E-state index in [1.165, 1.54) is 238 Å². The highest BCUT2D eigenvalue weighted by atomic mass is 16.6. The maximum Gasteiger partial charge on any atom is 0.306 e. The van der Waals surface area contributed by atoms with E-state index >= 15 is 0 Å². The number of allylic oxidation sites excluding steroid dienone is 12. The van der Waals surface area contributed by atoms with Crippen molar-refractivity contribution in [1.29, 1.82) is 0 Å². The summed E-state index contributed by atoms with van der Waals surface area (Å²) in [4.78, 5) is 38.4. The number of hydrogen-bond donors (Lipinski definition) is 0. The van der Waals surface area contributed by atoms with Crippen molar-refractivity contribution in [2.45, 2.75) is 380 Å². The molecule has 0 aliphatic heterocycles. The van der Waals surface area contributed by atoms with Crippen LogP contribution in [0, 0.1) is 0 Å². The number of carbonyl (C=O) groups is 3. The van der Waals surface area contributed by atoms with E-state index in [-0.39, 0.29) is 31.1 Å². The smallest absolute Gasteiger partial charge is 0.306 e. The van der Waals surface area contributed by atoms with Crippen LogP contribution in [0.15, 0.2) is 72.9 Å². The Bertz CT molecular complexity index is 1500. The lowest BCUT2D eigenvalue weighted by Gasteiger charge is -2.18. The minimum Gasteiger partial charge on any atom is -0.462 e. The lowest BCUT2D eigenvalue weighted by Crippen LogP contribution is -2.30. The third kappa shape index (κ3) is 67.6. The molecule has 0 saturated carbocycles. The summed E-state index contributed by atoms with van der Waals surface area (Å²) in [6.45, 7) is 6.54. The molecule has 6 nitrogen and oxygen atoms in total. The molecule has 0 aromatic rings. The summed E-state index contributed by atoms with van der Waals surface area (Å²) >= 11 is 0. The molecule has 476 valence electrons. The van der Waals surface area contributed by atoms with Crippen molar-refractivity contribution >= 4 is 17.9 Å². The molecule has 1 atom stereocenters. The molecule has 0 radical (unpaired) electrons. The Balaban J connectivity index is 4.26. The summed E-state index contributed by atoms with van der Waals surface area (Å²) in [5.74, 6) is -0.897. The molecule has 0 aromatic heterocycles. The monoisotopic (exact) mass is 1150 g/mol. The summed E-state index contributed by atoms with van der Waals surface area (Å²) in [5, 5.41) is 0. The van der Waals surface area contributed by atoms with Crippen LogP contribution in [0.2, 0.25) is 0 Å². The summed E-state index contributed by atoms with van der Waals surface area (Å²) in [5.41, 5.74) is 0. The second-order valence-electron chi connectivity index (χ2n) is 24.1. The predicted molar refractivity (Wildman–Crippen MR) is 358 cm³/mol. The van der Waals surface area contributed by atoms with E-state index in [2.05, 4.69) is 93.7 Å². The van der Waals surface area contributed by atoms with E-state index in [0.717, 1.165) is 96.3 Å². The number of esters is 3. The quantitative estimate of drug-likeness (QED) is 0.0261. The molecule has 6 heteroatoms. The van der Waals surface area contributed by atoms with Gasteiger partial charge in [0, 0.05) is 19.3 Å². The topological polar surface area (TPSA) is 78.9 Å². The molecule has 1 unspecified atom stereocenters. The van der Waals surface area contributed by atoms with Crippen LogP contribution in [0.5, 0.6) is 0 Å². The zero-order chi connectivity index (χ0) is 59.2. The van der Waals surface area contributed by atoms with Gasteiger partial charge in [-0.05, 0) is 89.9 Å². The molecule has 0 spiro atoms. The number of unbranched alkanes of at least 4 members (excludes halogenated alkanes) is 43. The van der Waals surface area contributed by atoms with Gasteiger partial charge in [0.1, 0.15) is 13.2 Å². The summed E-state index contributed by atoms with van der Waals surface area (Å²) in [6.07, 6.45) is 92.3. The van der Waals surface area contributed by atoms with Crippen LogP contribution >= 0.6 is 0 Å². The van der Waals surface area contributed by atoms with Gasteiger partial charge in [-0.1, -0.05) is 338 Å². The van der Waals surface area contributed by atoms with Gasteiger partial charge < -0.3 is 14.2 Å². The zero-order valence-corrected chi connectivity index (χ0v) is 54.8. The van der Waals surface area contributed by atoms with E-state index in [0.29, 0.717) is 19.3 Å². The zero-order valence-electron chi connectivity index (χ0n) is 54.8. The minimum absolute atomic E-state index is 0.0831. The van der Waals surface area contributed by atoms with Crippen LogP contribution in [0.4, 0.5) is 0 Å². The van der Waals surface area contributed by atoms with Gasteiger partial charge >= 0.3 is 17.9 Å². The van der Waals surface area contributed by atoms with Gasteiger partial charge in [-0.2, -0.15) is 0 Å². The number of rotatable bonds is 66. The minimum atomic E-state index is -0.790. The largest absolute Gasteiger partial charge is 0.462 e. The third-order valence-corrected chi connectivity index (χ3v) is 15.9. The highest BCUT2D eigenvalue weighted by Crippen LogP contribution is 2.18. The molecule has 0 aromatic carbocycles. The van der Waals surface area contributed by atoms with Gasteiger partial charge in [0.2, 0.25) is 0 Å². The Morgan fingerprint density at radius 3 is 0.756 bits per heavy atom. The van der Waals surface area contributed by atoms with Crippen molar-refractivity contribution in [1.82, 2.24) is 0 Å². The normalized spacial score (nSPS) is 12.5. The Kier molecular flexibility index (Phi) is 67.6. The Morgan fingerprint density at radius 2 is 0.476 bits per heavy atom. The second-order valence-corrected chi connectivity index (χ2v) is 24.1. The van der Waals surface area contributed by atoms with E-state index in [9.17, 15) is 14.4 Å². The van der Waals surface area contributed by atoms with Gasteiger partial charge in [0.25, 0.3) is 0 Å². The van der Waals surface area contributed by atoms with Gasteiger partial charge in [0.15, 0.2) is 6.10 Å². The van der Waals surface area contributed by atoms with Crippen molar-refractivity contribution < 1.29 is 28.6 Å². The molecule has 0 saturated heterocycles. The van der Waals surface area contributed by atoms with E-state index < -0.39 is 6.10 Å². The Labute approximate surface area is 510 Å².